The molecule has 0 atom stereocenters. The van der Waals surface area contributed by atoms with Crippen LogP contribution < -0.4 is 5.32 Å². The highest BCUT2D eigenvalue weighted by Gasteiger charge is 2.03. The van der Waals surface area contributed by atoms with E-state index in [9.17, 15) is 0 Å². The summed E-state index contributed by atoms with van der Waals surface area (Å²) in [6.07, 6.45) is 0. The van der Waals surface area contributed by atoms with E-state index in [0.717, 1.165) is 5.52 Å². The molecule has 1 N–H and O–H groups in total. The van der Waals surface area contributed by atoms with Gasteiger partial charge in [-0.3, -0.25) is 0 Å². The summed E-state index contributed by atoms with van der Waals surface area (Å²) in [5.41, 5.74) is 7.86. The lowest BCUT2D eigenvalue weighted by Crippen LogP contribution is -1.91. The molecule has 1 aromatic heterocycles. The second-order valence-electron chi connectivity index (χ2n) is 4.31. The second kappa shape index (κ2) is 4.42. The molecule has 3 heteroatoms. The first kappa shape index (κ1) is 11.2. The number of aromatic nitrogens is 1. The van der Waals surface area contributed by atoms with Gasteiger partial charge in [0.25, 0.3) is 0 Å². The van der Waals surface area contributed by atoms with Crippen molar-refractivity contribution in [3.8, 4) is 11.1 Å². The molecule has 0 saturated carbocycles. The first-order valence-corrected chi connectivity index (χ1v) is 6.78. The Bertz CT molecular complexity index is 701. The Hall–Kier alpha value is -1.87. The summed E-state index contributed by atoms with van der Waals surface area (Å²) >= 11 is 1.68. The number of thiazole rings is 1. The van der Waals surface area contributed by atoms with Crippen molar-refractivity contribution in [3.63, 3.8) is 0 Å². The number of rotatable bonds is 2. The molecule has 0 amide bonds. The number of benzene rings is 2. The Morgan fingerprint density at radius 2 is 1.83 bits per heavy atom. The van der Waals surface area contributed by atoms with Gasteiger partial charge in [0, 0.05) is 12.7 Å². The Kier molecular flexibility index (Phi) is 2.76. The van der Waals surface area contributed by atoms with Crippen molar-refractivity contribution in [2.45, 2.75) is 6.92 Å². The van der Waals surface area contributed by atoms with E-state index >= 15 is 0 Å². The molecule has 0 bridgehead atoms. The van der Waals surface area contributed by atoms with E-state index in [4.69, 9.17) is 0 Å². The van der Waals surface area contributed by atoms with E-state index in [1.807, 2.05) is 12.6 Å². The van der Waals surface area contributed by atoms with E-state index in [1.54, 1.807) is 11.3 Å². The van der Waals surface area contributed by atoms with Crippen LogP contribution in [-0.2, 0) is 0 Å². The van der Waals surface area contributed by atoms with E-state index in [0.29, 0.717) is 0 Å². The van der Waals surface area contributed by atoms with Crippen LogP contribution in [0.5, 0.6) is 0 Å². The van der Waals surface area contributed by atoms with E-state index in [-0.39, 0.29) is 0 Å². The SMILES string of the molecule is CNc1ccc(-c2ccc3scnc3c2)cc1C. The second-order valence-corrected chi connectivity index (χ2v) is 5.20. The summed E-state index contributed by atoms with van der Waals surface area (Å²) in [5.74, 6) is 0. The Morgan fingerprint density at radius 1 is 1.06 bits per heavy atom. The summed E-state index contributed by atoms with van der Waals surface area (Å²) in [6, 6.07) is 12.9. The van der Waals surface area contributed by atoms with Crippen molar-refractivity contribution in [1.29, 1.82) is 0 Å². The largest absolute Gasteiger partial charge is 0.388 e. The smallest absolute Gasteiger partial charge is 0.0818 e. The molecule has 3 aromatic rings. The minimum absolute atomic E-state index is 1.08. The van der Waals surface area contributed by atoms with E-state index in [1.165, 1.54) is 27.1 Å². The maximum atomic E-state index is 4.37. The van der Waals surface area contributed by atoms with Crippen molar-refractivity contribution in [1.82, 2.24) is 4.98 Å². The standard InChI is InChI=1S/C15H14N2S/c1-10-7-11(3-5-13(10)16-2)12-4-6-15-14(8-12)17-9-18-15/h3-9,16H,1-2H3. The van der Waals surface area contributed by atoms with Crippen LogP contribution in [0.3, 0.4) is 0 Å². The number of fused-ring (bicyclic) bond motifs is 1. The number of hydrogen-bond acceptors (Lipinski definition) is 3. The molecule has 90 valence electrons. The summed E-state index contributed by atoms with van der Waals surface area (Å²) in [5, 5.41) is 3.19. The zero-order valence-corrected chi connectivity index (χ0v) is 11.2. The highest BCUT2D eigenvalue weighted by molar-refractivity contribution is 7.16. The molecule has 0 radical (unpaired) electrons. The third kappa shape index (κ3) is 1.87. The molecule has 0 spiro atoms. The van der Waals surface area contributed by atoms with Crippen molar-refractivity contribution in [3.05, 3.63) is 47.5 Å². The zero-order chi connectivity index (χ0) is 12.5. The van der Waals surface area contributed by atoms with Crippen molar-refractivity contribution in [2.24, 2.45) is 0 Å². The molecule has 0 aliphatic heterocycles. The first-order valence-electron chi connectivity index (χ1n) is 5.90. The molecule has 0 saturated heterocycles. The highest BCUT2D eigenvalue weighted by atomic mass is 32.1. The molecule has 0 fully saturated rings. The molecule has 0 aliphatic carbocycles. The lowest BCUT2D eigenvalue weighted by Gasteiger charge is -2.08. The first-order chi connectivity index (χ1) is 8.78. The predicted molar refractivity (Wildman–Crippen MR) is 79.3 cm³/mol. The van der Waals surface area contributed by atoms with Crippen molar-refractivity contribution < 1.29 is 0 Å². The third-order valence-corrected chi connectivity index (χ3v) is 3.97. The minimum Gasteiger partial charge on any atom is -0.388 e. The fourth-order valence-electron chi connectivity index (χ4n) is 2.16. The highest BCUT2D eigenvalue weighted by Crippen LogP contribution is 2.28. The van der Waals surface area contributed by atoms with Gasteiger partial charge in [-0.2, -0.15) is 0 Å². The van der Waals surface area contributed by atoms with Crippen LogP contribution >= 0.6 is 11.3 Å². The average Bonchev–Trinajstić information content (AvgIpc) is 2.85. The van der Waals surface area contributed by atoms with E-state index < -0.39 is 0 Å². The lowest BCUT2D eigenvalue weighted by molar-refractivity contribution is 1.40. The topological polar surface area (TPSA) is 24.9 Å². The Morgan fingerprint density at radius 3 is 2.61 bits per heavy atom. The fraction of sp³-hybridized carbons (Fsp3) is 0.133. The number of nitrogens with one attached hydrogen (secondary N) is 1. The maximum Gasteiger partial charge on any atom is 0.0818 e. The molecule has 0 aliphatic rings. The van der Waals surface area contributed by atoms with Gasteiger partial charge >= 0.3 is 0 Å². The van der Waals surface area contributed by atoms with Crippen molar-refractivity contribution in [2.75, 3.05) is 12.4 Å². The van der Waals surface area contributed by atoms with Gasteiger partial charge in [-0.15, -0.1) is 11.3 Å². The quantitative estimate of drug-likeness (QED) is 0.737. The molecule has 3 rings (SSSR count). The van der Waals surface area contributed by atoms with Gasteiger partial charge in [0.2, 0.25) is 0 Å². The van der Waals surface area contributed by atoms with Crippen molar-refractivity contribution >= 4 is 27.2 Å². The third-order valence-electron chi connectivity index (χ3n) is 3.16. The van der Waals surface area contributed by atoms with Gasteiger partial charge < -0.3 is 5.32 Å². The summed E-state index contributed by atoms with van der Waals surface area (Å²) in [7, 11) is 1.95. The number of hydrogen-bond donors (Lipinski definition) is 1. The van der Waals surface area contributed by atoms with Crippen LogP contribution in [0.25, 0.3) is 21.3 Å². The van der Waals surface area contributed by atoms with Crippen LogP contribution in [0.2, 0.25) is 0 Å². The van der Waals surface area contributed by atoms with Gasteiger partial charge in [-0.1, -0.05) is 12.1 Å². The van der Waals surface area contributed by atoms with Crippen LogP contribution in [-0.4, -0.2) is 12.0 Å². The minimum atomic E-state index is 1.08. The van der Waals surface area contributed by atoms with Crippen LogP contribution in [0.1, 0.15) is 5.56 Å². The summed E-state index contributed by atoms with van der Waals surface area (Å²) in [6.45, 7) is 2.12. The Balaban J connectivity index is 2.10. The predicted octanol–water partition coefficient (Wildman–Crippen LogP) is 4.31. The maximum absolute atomic E-state index is 4.37. The van der Waals surface area contributed by atoms with Gasteiger partial charge in [0.05, 0.1) is 15.7 Å². The molecular formula is C15H14N2S. The van der Waals surface area contributed by atoms with Gasteiger partial charge in [0.1, 0.15) is 0 Å². The molecule has 2 aromatic carbocycles. The molecular weight excluding hydrogens is 240 g/mol. The summed E-state index contributed by atoms with van der Waals surface area (Å²) < 4.78 is 1.24. The van der Waals surface area contributed by atoms with E-state index in [2.05, 4.69) is 53.6 Å². The van der Waals surface area contributed by atoms with Gasteiger partial charge in [-0.25, -0.2) is 4.98 Å². The van der Waals surface area contributed by atoms with Crippen LogP contribution in [0.4, 0.5) is 5.69 Å². The summed E-state index contributed by atoms with van der Waals surface area (Å²) in [4.78, 5) is 4.37. The van der Waals surface area contributed by atoms with Crippen LogP contribution in [0, 0.1) is 6.92 Å². The Labute approximate surface area is 110 Å². The number of anilines is 1. The number of aryl methyl sites for hydroxylation is 1. The normalized spacial score (nSPS) is 10.8. The lowest BCUT2D eigenvalue weighted by atomic mass is 10.0. The molecule has 18 heavy (non-hydrogen) atoms. The molecule has 1 heterocycles. The van der Waals surface area contributed by atoms with Gasteiger partial charge in [0.15, 0.2) is 0 Å². The molecule has 2 nitrogen and oxygen atoms in total. The molecule has 0 unspecified atom stereocenters. The average molecular weight is 254 g/mol. The van der Waals surface area contributed by atoms with Gasteiger partial charge in [-0.05, 0) is 47.9 Å². The van der Waals surface area contributed by atoms with Crippen LogP contribution in [0.15, 0.2) is 41.9 Å². The number of nitrogens with zero attached hydrogens (tertiary/aromatic N) is 1. The zero-order valence-electron chi connectivity index (χ0n) is 10.4. The fourth-order valence-corrected chi connectivity index (χ4v) is 2.82. The monoisotopic (exact) mass is 254 g/mol.